The van der Waals surface area contributed by atoms with Crippen molar-refractivity contribution >= 4 is 6.21 Å². The Morgan fingerprint density at radius 3 is 2.62 bits per heavy atom. The number of aliphatic imine (C=N–C) groups is 1. The highest BCUT2D eigenvalue weighted by molar-refractivity contribution is 5.81. The predicted molar refractivity (Wildman–Crippen MR) is 61.4 cm³/mol. The number of hydrogen-bond acceptors (Lipinski definition) is 3. The molecule has 3 nitrogen and oxygen atoms in total. The van der Waals surface area contributed by atoms with Crippen LogP contribution in [0, 0.1) is 12.7 Å². The zero-order valence-corrected chi connectivity index (χ0v) is 9.74. The summed E-state index contributed by atoms with van der Waals surface area (Å²) in [6.45, 7) is 2.26. The normalized spacial score (nSPS) is 11.6. The fourth-order valence-corrected chi connectivity index (χ4v) is 1.27. The van der Waals surface area contributed by atoms with Crippen molar-refractivity contribution in [1.29, 1.82) is 0 Å². The number of rotatable bonds is 5. The fraction of sp³-hybridized carbons (Fsp3) is 0.417. The Morgan fingerprint density at radius 1 is 1.38 bits per heavy atom. The Labute approximate surface area is 94.9 Å². The third-order valence-electron chi connectivity index (χ3n) is 2.24. The Kier molecular flexibility index (Phi) is 5.08. The maximum absolute atomic E-state index is 12.8. The van der Waals surface area contributed by atoms with Gasteiger partial charge in [0.25, 0.3) is 0 Å². The van der Waals surface area contributed by atoms with Crippen LogP contribution in [0.1, 0.15) is 11.1 Å². The van der Waals surface area contributed by atoms with Crippen molar-refractivity contribution in [2.45, 2.75) is 13.2 Å². The van der Waals surface area contributed by atoms with Gasteiger partial charge in [0, 0.05) is 20.4 Å². The molecule has 0 N–H and O–H groups in total. The van der Waals surface area contributed by atoms with Crippen molar-refractivity contribution in [1.82, 2.24) is 0 Å². The quantitative estimate of drug-likeness (QED) is 0.568. The molecule has 0 saturated carbocycles. The van der Waals surface area contributed by atoms with E-state index in [-0.39, 0.29) is 12.1 Å². The van der Waals surface area contributed by atoms with E-state index in [1.165, 1.54) is 12.1 Å². The fourth-order valence-electron chi connectivity index (χ4n) is 1.27. The summed E-state index contributed by atoms with van der Waals surface area (Å²) in [4.78, 5) is 4.18. The lowest BCUT2D eigenvalue weighted by Gasteiger charge is -2.09. The maximum atomic E-state index is 12.8. The first kappa shape index (κ1) is 12.8. The highest BCUT2D eigenvalue weighted by Gasteiger charge is 2.02. The van der Waals surface area contributed by atoms with Crippen molar-refractivity contribution in [3.8, 4) is 0 Å². The molecule has 1 rings (SSSR count). The zero-order chi connectivity index (χ0) is 12.0. The van der Waals surface area contributed by atoms with Crippen molar-refractivity contribution in [2.24, 2.45) is 4.99 Å². The second-order valence-electron chi connectivity index (χ2n) is 3.40. The average molecular weight is 225 g/mol. The molecule has 0 aliphatic carbocycles. The maximum Gasteiger partial charge on any atom is 0.176 e. The zero-order valence-electron chi connectivity index (χ0n) is 9.74. The highest BCUT2D eigenvalue weighted by atomic mass is 19.1. The SMILES string of the molecule is COC(CN=Cc1ccc(F)cc1C)OC. The van der Waals surface area contributed by atoms with E-state index in [4.69, 9.17) is 9.47 Å². The molecule has 0 atom stereocenters. The summed E-state index contributed by atoms with van der Waals surface area (Å²) in [6.07, 6.45) is 1.36. The number of benzene rings is 1. The lowest BCUT2D eigenvalue weighted by molar-refractivity contribution is -0.0936. The molecule has 16 heavy (non-hydrogen) atoms. The third-order valence-corrected chi connectivity index (χ3v) is 2.24. The summed E-state index contributed by atoms with van der Waals surface area (Å²) in [7, 11) is 3.12. The molecule has 0 radical (unpaired) electrons. The number of ether oxygens (including phenoxy) is 2. The molecular weight excluding hydrogens is 209 g/mol. The second kappa shape index (κ2) is 6.35. The van der Waals surface area contributed by atoms with Crippen molar-refractivity contribution in [3.63, 3.8) is 0 Å². The molecule has 1 aromatic carbocycles. The number of nitrogens with zero attached hydrogens (tertiary/aromatic N) is 1. The van der Waals surface area contributed by atoms with E-state index in [1.54, 1.807) is 26.5 Å². The van der Waals surface area contributed by atoms with E-state index in [0.717, 1.165) is 11.1 Å². The summed E-state index contributed by atoms with van der Waals surface area (Å²) in [6, 6.07) is 4.59. The average Bonchev–Trinajstić information content (AvgIpc) is 2.27. The molecule has 0 unspecified atom stereocenters. The smallest absolute Gasteiger partial charge is 0.176 e. The molecule has 0 saturated heterocycles. The molecule has 0 fully saturated rings. The van der Waals surface area contributed by atoms with Gasteiger partial charge in [0.2, 0.25) is 0 Å². The number of hydrogen-bond donors (Lipinski definition) is 0. The van der Waals surface area contributed by atoms with Gasteiger partial charge in [-0.2, -0.15) is 0 Å². The molecule has 0 aliphatic rings. The molecule has 4 heteroatoms. The summed E-state index contributed by atoms with van der Waals surface area (Å²) < 4.78 is 22.8. The van der Waals surface area contributed by atoms with Gasteiger partial charge in [-0.25, -0.2) is 4.39 Å². The van der Waals surface area contributed by atoms with E-state index in [1.807, 2.05) is 6.92 Å². The second-order valence-corrected chi connectivity index (χ2v) is 3.40. The minimum absolute atomic E-state index is 0.235. The van der Waals surface area contributed by atoms with Gasteiger partial charge in [-0.3, -0.25) is 4.99 Å². The lowest BCUT2D eigenvalue weighted by atomic mass is 10.1. The van der Waals surface area contributed by atoms with Gasteiger partial charge in [0.15, 0.2) is 6.29 Å². The van der Waals surface area contributed by atoms with Crippen LogP contribution in [0.3, 0.4) is 0 Å². The first-order valence-corrected chi connectivity index (χ1v) is 4.99. The van der Waals surface area contributed by atoms with Crippen LogP contribution in [-0.4, -0.2) is 33.3 Å². The molecule has 0 amide bonds. The lowest BCUT2D eigenvalue weighted by Crippen LogP contribution is -2.16. The van der Waals surface area contributed by atoms with Crippen LogP contribution in [0.5, 0.6) is 0 Å². The van der Waals surface area contributed by atoms with Gasteiger partial charge in [-0.05, 0) is 30.2 Å². The molecule has 0 bridgehead atoms. The van der Waals surface area contributed by atoms with E-state index >= 15 is 0 Å². The number of halogens is 1. The third kappa shape index (κ3) is 3.72. The van der Waals surface area contributed by atoms with Gasteiger partial charge in [-0.15, -0.1) is 0 Å². The molecule has 0 heterocycles. The highest BCUT2D eigenvalue weighted by Crippen LogP contribution is 2.07. The molecule has 88 valence electrons. The van der Waals surface area contributed by atoms with Gasteiger partial charge < -0.3 is 9.47 Å². The van der Waals surface area contributed by atoms with Crippen LogP contribution in [-0.2, 0) is 9.47 Å². The standard InChI is InChI=1S/C12H16FNO2/c1-9-6-11(13)5-4-10(9)7-14-8-12(15-2)16-3/h4-7,12H,8H2,1-3H3. The summed E-state index contributed by atoms with van der Waals surface area (Å²) in [5, 5.41) is 0. The minimum atomic E-state index is -0.336. The van der Waals surface area contributed by atoms with E-state index < -0.39 is 0 Å². The van der Waals surface area contributed by atoms with Gasteiger partial charge in [0.05, 0.1) is 6.54 Å². The Hall–Kier alpha value is -1.26. The predicted octanol–water partition coefficient (Wildman–Crippen LogP) is 2.17. The topological polar surface area (TPSA) is 30.8 Å². The first-order chi connectivity index (χ1) is 7.67. The number of aryl methyl sites for hydroxylation is 1. The van der Waals surface area contributed by atoms with E-state index in [2.05, 4.69) is 4.99 Å². The van der Waals surface area contributed by atoms with Gasteiger partial charge in [0.1, 0.15) is 5.82 Å². The van der Waals surface area contributed by atoms with Crippen LogP contribution in [0.25, 0.3) is 0 Å². The van der Waals surface area contributed by atoms with Crippen molar-refractivity contribution in [3.05, 3.63) is 35.1 Å². The van der Waals surface area contributed by atoms with E-state index in [0.29, 0.717) is 6.54 Å². The molecule has 0 aliphatic heterocycles. The molecule has 1 aromatic rings. The van der Waals surface area contributed by atoms with Crippen LogP contribution in [0.2, 0.25) is 0 Å². The monoisotopic (exact) mass is 225 g/mol. The van der Waals surface area contributed by atoms with E-state index in [9.17, 15) is 4.39 Å². The summed E-state index contributed by atoms with van der Waals surface area (Å²) in [5.41, 5.74) is 1.75. The first-order valence-electron chi connectivity index (χ1n) is 4.99. The molecular formula is C12H16FNO2. The van der Waals surface area contributed by atoms with Crippen LogP contribution in [0.15, 0.2) is 23.2 Å². The molecule has 0 spiro atoms. The Morgan fingerprint density at radius 2 is 2.06 bits per heavy atom. The summed E-state index contributed by atoms with van der Waals surface area (Å²) in [5.74, 6) is -0.235. The van der Waals surface area contributed by atoms with Gasteiger partial charge in [-0.1, -0.05) is 6.07 Å². The summed E-state index contributed by atoms with van der Waals surface area (Å²) >= 11 is 0. The van der Waals surface area contributed by atoms with Crippen molar-refractivity contribution < 1.29 is 13.9 Å². The molecule has 0 aromatic heterocycles. The van der Waals surface area contributed by atoms with Crippen LogP contribution in [0.4, 0.5) is 4.39 Å². The Bertz CT molecular complexity index is 362. The van der Waals surface area contributed by atoms with Crippen LogP contribution >= 0.6 is 0 Å². The van der Waals surface area contributed by atoms with Crippen molar-refractivity contribution in [2.75, 3.05) is 20.8 Å². The Balaban J connectivity index is 2.62. The largest absolute Gasteiger partial charge is 0.354 e. The van der Waals surface area contributed by atoms with Gasteiger partial charge >= 0.3 is 0 Å². The minimum Gasteiger partial charge on any atom is -0.354 e. The number of methoxy groups -OCH3 is 2. The van der Waals surface area contributed by atoms with Crippen LogP contribution < -0.4 is 0 Å².